The van der Waals surface area contributed by atoms with E-state index in [1.165, 1.54) is 10.5 Å². The molecule has 156 valence electrons. The van der Waals surface area contributed by atoms with Crippen LogP contribution in [0.4, 0.5) is 24.5 Å². The van der Waals surface area contributed by atoms with Crippen LogP contribution >= 0.6 is 11.8 Å². The maximum absolute atomic E-state index is 13.0. The predicted octanol–water partition coefficient (Wildman–Crippen LogP) is 3.61. The number of hydrogen-bond donors (Lipinski definition) is 1. The molecular formula is C19H16F3N5O2S. The molecule has 1 N–H and O–H groups in total. The van der Waals surface area contributed by atoms with Crippen LogP contribution in [0.5, 0.6) is 0 Å². The van der Waals surface area contributed by atoms with E-state index >= 15 is 0 Å². The zero-order valence-electron chi connectivity index (χ0n) is 15.5. The molecule has 1 aliphatic rings. The van der Waals surface area contributed by atoms with Gasteiger partial charge in [-0.2, -0.15) is 13.2 Å². The number of fused-ring (bicyclic) bond motifs is 1. The number of hydrogen-bond acceptors (Lipinski definition) is 5. The fourth-order valence-electron chi connectivity index (χ4n) is 3.17. The van der Waals surface area contributed by atoms with Gasteiger partial charge in [-0.05, 0) is 30.7 Å². The van der Waals surface area contributed by atoms with Crippen molar-refractivity contribution < 1.29 is 22.8 Å². The summed E-state index contributed by atoms with van der Waals surface area (Å²) in [5, 5.41) is 10.6. The first-order valence-corrected chi connectivity index (χ1v) is 10.1. The van der Waals surface area contributed by atoms with Crippen LogP contribution in [0.25, 0.3) is 5.65 Å². The van der Waals surface area contributed by atoms with Crippen LogP contribution in [0.3, 0.4) is 0 Å². The molecule has 7 nitrogen and oxygen atoms in total. The number of alkyl halides is 3. The maximum atomic E-state index is 13.0. The summed E-state index contributed by atoms with van der Waals surface area (Å²) >= 11 is 0.971. The van der Waals surface area contributed by atoms with Crippen LogP contribution in [-0.2, 0) is 15.8 Å². The van der Waals surface area contributed by atoms with Gasteiger partial charge in [0.1, 0.15) is 0 Å². The van der Waals surface area contributed by atoms with Crippen molar-refractivity contribution in [3.63, 3.8) is 0 Å². The molecule has 0 saturated carbocycles. The molecule has 1 aromatic carbocycles. The number of halogens is 3. The lowest BCUT2D eigenvalue weighted by atomic mass is 10.2. The van der Waals surface area contributed by atoms with Gasteiger partial charge in [0.25, 0.3) is 0 Å². The van der Waals surface area contributed by atoms with E-state index in [1.54, 1.807) is 29.2 Å². The van der Waals surface area contributed by atoms with E-state index in [2.05, 4.69) is 15.5 Å². The molecule has 11 heteroatoms. The minimum atomic E-state index is -4.49. The van der Waals surface area contributed by atoms with E-state index in [-0.39, 0.29) is 28.4 Å². The third-order valence-corrected chi connectivity index (χ3v) is 5.52. The summed E-state index contributed by atoms with van der Waals surface area (Å²) in [6, 6.07) is 9.15. The van der Waals surface area contributed by atoms with Crippen molar-refractivity contribution in [1.29, 1.82) is 0 Å². The molecule has 3 heterocycles. The van der Waals surface area contributed by atoms with Crippen LogP contribution < -0.4 is 10.2 Å². The van der Waals surface area contributed by atoms with E-state index < -0.39 is 11.7 Å². The molecule has 2 aromatic heterocycles. The molecule has 3 aromatic rings. The Kier molecular flexibility index (Phi) is 5.37. The first-order valence-electron chi connectivity index (χ1n) is 9.07. The Balaban J connectivity index is 1.47. The summed E-state index contributed by atoms with van der Waals surface area (Å²) in [7, 11) is 0. The number of para-hydroxylation sites is 2. The topological polar surface area (TPSA) is 79.6 Å². The minimum Gasteiger partial charge on any atom is -0.324 e. The van der Waals surface area contributed by atoms with Gasteiger partial charge in [0.2, 0.25) is 11.8 Å². The number of aromatic nitrogens is 3. The zero-order chi connectivity index (χ0) is 21.3. The average molecular weight is 435 g/mol. The third-order valence-electron chi connectivity index (χ3n) is 4.57. The van der Waals surface area contributed by atoms with Crippen LogP contribution in [0.15, 0.2) is 47.8 Å². The Labute approximate surface area is 173 Å². The summed E-state index contributed by atoms with van der Waals surface area (Å²) in [5.41, 5.74) is 0.555. The van der Waals surface area contributed by atoms with E-state index in [9.17, 15) is 22.8 Å². The highest BCUT2D eigenvalue weighted by molar-refractivity contribution is 7.99. The maximum Gasteiger partial charge on any atom is 0.417 e. The Morgan fingerprint density at radius 2 is 1.97 bits per heavy atom. The SMILES string of the molecule is O=C(CSc1nnc2ccc(C(F)(F)F)cn12)Nc1ccccc1N1CCCC1=O. The number of anilines is 2. The van der Waals surface area contributed by atoms with Crippen LogP contribution in [0.1, 0.15) is 18.4 Å². The van der Waals surface area contributed by atoms with E-state index in [0.717, 1.165) is 30.4 Å². The second-order valence-corrected chi connectivity index (χ2v) is 7.57. The number of carbonyl (C=O) groups is 2. The Bertz CT molecular complexity index is 1110. The standard InChI is InChI=1S/C19H16F3N5O2S/c20-19(21,22)12-7-8-15-24-25-18(27(15)10-12)30-11-16(28)23-13-4-1-2-5-14(13)26-9-3-6-17(26)29/h1-2,4-5,7-8,10H,3,6,9,11H2,(H,23,28). The second-order valence-electron chi connectivity index (χ2n) is 6.63. The van der Waals surface area contributed by atoms with Gasteiger partial charge in [0.15, 0.2) is 10.8 Å². The molecule has 0 spiro atoms. The van der Waals surface area contributed by atoms with Crippen molar-refractivity contribution in [2.75, 3.05) is 22.5 Å². The van der Waals surface area contributed by atoms with Gasteiger partial charge in [-0.25, -0.2) is 0 Å². The van der Waals surface area contributed by atoms with Crippen molar-refractivity contribution in [2.45, 2.75) is 24.2 Å². The number of nitrogens with zero attached hydrogens (tertiary/aromatic N) is 4. The summed E-state index contributed by atoms with van der Waals surface area (Å²) in [6.45, 7) is 0.591. The van der Waals surface area contributed by atoms with Gasteiger partial charge in [0, 0.05) is 19.2 Å². The van der Waals surface area contributed by atoms with E-state index in [1.807, 2.05) is 0 Å². The van der Waals surface area contributed by atoms with Gasteiger partial charge < -0.3 is 10.2 Å². The fourth-order valence-corrected chi connectivity index (χ4v) is 3.89. The molecule has 1 fully saturated rings. The molecule has 0 unspecified atom stereocenters. The van der Waals surface area contributed by atoms with Crippen molar-refractivity contribution >= 4 is 40.6 Å². The number of pyridine rings is 1. The smallest absolute Gasteiger partial charge is 0.324 e. The average Bonchev–Trinajstić information content (AvgIpc) is 3.31. The normalized spacial score (nSPS) is 14.5. The zero-order valence-corrected chi connectivity index (χ0v) is 16.3. The van der Waals surface area contributed by atoms with Crippen molar-refractivity contribution in [3.8, 4) is 0 Å². The number of rotatable bonds is 5. The van der Waals surface area contributed by atoms with E-state index in [0.29, 0.717) is 24.3 Å². The second kappa shape index (κ2) is 7.98. The highest BCUT2D eigenvalue weighted by atomic mass is 32.2. The number of carbonyl (C=O) groups excluding carboxylic acids is 2. The molecule has 0 aliphatic carbocycles. The highest BCUT2D eigenvalue weighted by Gasteiger charge is 2.31. The number of thioether (sulfide) groups is 1. The van der Waals surface area contributed by atoms with Crippen LogP contribution in [-0.4, -0.2) is 38.7 Å². The summed E-state index contributed by atoms with van der Waals surface area (Å²) in [6.07, 6.45) is -2.35. The molecule has 0 atom stereocenters. The van der Waals surface area contributed by atoms with E-state index in [4.69, 9.17) is 0 Å². The third kappa shape index (κ3) is 4.11. The largest absolute Gasteiger partial charge is 0.417 e. The molecule has 1 aliphatic heterocycles. The van der Waals surface area contributed by atoms with Crippen molar-refractivity contribution in [1.82, 2.24) is 14.6 Å². The molecule has 1 saturated heterocycles. The van der Waals surface area contributed by atoms with Gasteiger partial charge in [-0.1, -0.05) is 23.9 Å². The summed E-state index contributed by atoms with van der Waals surface area (Å²) < 4.78 is 40.1. The lowest BCUT2D eigenvalue weighted by molar-refractivity contribution is -0.138. The Hall–Kier alpha value is -3.08. The lowest BCUT2D eigenvalue weighted by Gasteiger charge is -2.19. The van der Waals surface area contributed by atoms with Crippen molar-refractivity contribution in [2.24, 2.45) is 0 Å². The van der Waals surface area contributed by atoms with Gasteiger partial charge in [-0.3, -0.25) is 14.0 Å². The quantitative estimate of drug-likeness (QED) is 0.620. The minimum absolute atomic E-state index is 0.00136. The summed E-state index contributed by atoms with van der Waals surface area (Å²) in [5.74, 6) is -0.455. The van der Waals surface area contributed by atoms with Gasteiger partial charge >= 0.3 is 6.18 Å². The fraction of sp³-hybridized carbons (Fsp3) is 0.263. The predicted molar refractivity (Wildman–Crippen MR) is 105 cm³/mol. The number of amides is 2. The summed E-state index contributed by atoms with van der Waals surface area (Å²) in [4.78, 5) is 26.1. The molecule has 2 amide bonds. The molecule has 0 radical (unpaired) electrons. The van der Waals surface area contributed by atoms with Gasteiger partial charge in [-0.15, -0.1) is 10.2 Å². The van der Waals surface area contributed by atoms with Crippen molar-refractivity contribution in [3.05, 3.63) is 48.2 Å². The lowest BCUT2D eigenvalue weighted by Crippen LogP contribution is -2.26. The van der Waals surface area contributed by atoms with Gasteiger partial charge in [0.05, 0.1) is 22.7 Å². The molecular weight excluding hydrogens is 419 g/mol. The number of nitrogens with one attached hydrogen (secondary N) is 1. The molecule has 30 heavy (non-hydrogen) atoms. The van der Waals surface area contributed by atoms with Crippen LogP contribution in [0.2, 0.25) is 0 Å². The van der Waals surface area contributed by atoms with Crippen LogP contribution in [0, 0.1) is 0 Å². The highest BCUT2D eigenvalue weighted by Crippen LogP contribution is 2.31. The first kappa shape index (κ1) is 20.2. The molecule has 0 bridgehead atoms. The Morgan fingerprint density at radius 3 is 2.70 bits per heavy atom. The first-order chi connectivity index (χ1) is 14.3. The number of benzene rings is 1. The Morgan fingerprint density at radius 1 is 1.17 bits per heavy atom. The monoisotopic (exact) mass is 435 g/mol. The molecule has 4 rings (SSSR count).